The molecule has 1 aliphatic heterocycles. The van der Waals surface area contributed by atoms with Gasteiger partial charge in [0.1, 0.15) is 10.7 Å². The van der Waals surface area contributed by atoms with E-state index in [0.29, 0.717) is 17.8 Å². The molecule has 1 aromatic carbocycles. The lowest BCUT2D eigenvalue weighted by atomic mass is 10.1. The highest BCUT2D eigenvalue weighted by molar-refractivity contribution is 7.13. The Hall–Kier alpha value is -1.83. The molecule has 3 rings (SSSR count). The predicted octanol–water partition coefficient (Wildman–Crippen LogP) is 2.21. The fourth-order valence-corrected chi connectivity index (χ4v) is 4.05. The van der Waals surface area contributed by atoms with Crippen LogP contribution in [0, 0.1) is 12.7 Å². The Morgan fingerprint density at radius 3 is 2.77 bits per heavy atom. The van der Waals surface area contributed by atoms with Gasteiger partial charge in [0.15, 0.2) is 0 Å². The minimum Gasteiger partial charge on any atom is -0.351 e. The van der Waals surface area contributed by atoms with E-state index >= 15 is 0 Å². The van der Waals surface area contributed by atoms with Crippen LogP contribution in [0.5, 0.6) is 0 Å². The summed E-state index contributed by atoms with van der Waals surface area (Å²) in [4.78, 5) is 20.0. The number of carbonyl (C=O) groups excluding carboxylic acids is 1. The van der Waals surface area contributed by atoms with E-state index < -0.39 is 0 Å². The van der Waals surface area contributed by atoms with Gasteiger partial charge in [0, 0.05) is 39.1 Å². The molecular weight excluding hydrogens is 351 g/mol. The third kappa shape index (κ3) is 5.33. The topological polar surface area (TPSA) is 57.3 Å². The van der Waals surface area contributed by atoms with Gasteiger partial charge in [-0.25, -0.2) is 9.37 Å². The van der Waals surface area contributed by atoms with E-state index in [-0.39, 0.29) is 11.7 Å². The lowest BCUT2D eigenvalue weighted by Crippen LogP contribution is -2.44. The molecule has 0 atom stereocenters. The summed E-state index contributed by atoms with van der Waals surface area (Å²) in [7, 11) is 0. The number of carbonyl (C=O) groups is 1. The molecule has 140 valence electrons. The molecule has 0 unspecified atom stereocenters. The first kappa shape index (κ1) is 18.9. The average Bonchev–Trinajstić information content (AvgIpc) is 3.02. The summed E-state index contributed by atoms with van der Waals surface area (Å²) < 4.78 is 13.0. The van der Waals surface area contributed by atoms with Gasteiger partial charge in [0.25, 0.3) is 5.91 Å². The molecule has 0 bridgehead atoms. The quantitative estimate of drug-likeness (QED) is 0.728. The second-order valence-electron chi connectivity index (χ2n) is 6.53. The Bertz CT molecular complexity index is 726. The maximum Gasteiger partial charge on any atom is 0.263 e. The van der Waals surface area contributed by atoms with Crippen molar-refractivity contribution in [3.05, 3.63) is 51.2 Å². The van der Waals surface area contributed by atoms with Crippen molar-refractivity contribution in [3.63, 3.8) is 0 Å². The Kier molecular flexibility index (Phi) is 6.71. The zero-order valence-electron chi connectivity index (χ0n) is 15.1. The second-order valence-corrected chi connectivity index (χ2v) is 7.61. The first-order valence-corrected chi connectivity index (χ1v) is 9.85. The van der Waals surface area contributed by atoms with Crippen LogP contribution in [0.3, 0.4) is 0 Å². The molecule has 0 aliphatic carbocycles. The molecule has 2 heterocycles. The Labute approximate surface area is 157 Å². The molecule has 0 saturated carbocycles. The van der Waals surface area contributed by atoms with Crippen molar-refractivity contribution in [1.82, 2.24) is 20.5 Å². The zero-order valence-corrected chi connectivity index (χ0v) is 15.9. The van der Waals surface area contributed by atoms with Gasteiger partial charge < -0.3 is 15.5 Å². The minimum absolute atomic E-state index is 0.0503. The van der Waals surface area contributed by atoms with Gasteiger partial charge in [-0.05, 0) is 37.6 Å². The molecule has 7 heteroatoms. The van der Waals surface area contributed by atoms with E-state index in [1.165, 1.54) is 23.5 Å². The standard InChI is InChI=1S/C19H25FN4OS/c1-14-18(19(25)22-7-2-10-24-11-8-21-9-12-24)26-17(23-14)13-15-3-5-16(20)6-4-15/h3-6,21H,2,7-13H2,1H3,(H,22,25). The molecule has 5 nitrogen and oxygen atoms in total. The summed E-state index contributed by atoms with van der Waals surface area (Å²) in [6.45, 7) is 7.79. The van der Waals surface area contributed by atoms with Crippen molar-refractivity contribution in [2.75, 3.05) is 39.3 Å². The minimum atomic E-state index is -0.245. The number of hydrogen-bond acceptors (Lipinski definition) is 5. The van der Waals surface area contributed by atoms with Gasteiger partial charge in [0.2, 0.25) is 0 Å². The Morgan fingerprint density at radius 2 is 2.04 bits per heavy atom. The van der Waals surface area contributed by atoms with Crippen molar-refractivity contribution in [1.29, 1.82) is 0 Å². The fourth-order valence-electron chi connectivity index (χ4n) is 3.04. The molecule has 26 heavy (non-hydrogen) atoms. The van der Waals surface area contributed by atoms with Crippen LogP contribution in [-0.2, 0) is 6.42 Å². The number of halogens is 1. The van der Waals surface area contributed by atoms with Gasteiger partial charge in [-0.1, -0.05) is 12.1 Å². The SMILES string of the molecule is Cc1nc(Cc2ccc(F)cc2)sc1C(=O)NCCCN1CCNCC1. The molecule has 0 spiro atoms. The molecule has 0 radical (unpaired) electrons. The average molecular weight is 377 g/mol. The molecular formula is C19H25FN4OS. The summed E-state index contributed by atoms with van der Waals surface area (Å²) >= 11 is 1.42. The van der Waals surface area contributed by atoms with Gasteiger partial charge in [-0.3, -0.25) is 4.79 Å². The first-order valence-electron chi connectivity index (χ1n) is 9.04. The molecule has 1 amide bonds. The van der Waals surface area contributed by atoms with E-state index in [4.69, 9.17) is 0 Å². The van der Waals surface area contributed by atoms with Gasteiger partial charge in [-0.15, -0.1) is 11.3 Å². The molecule has 1 saturated heterocycles. The maximum absolute atomic E-state index is 13.0. The van der Waals surface area contributed by atoms with Gasteiger partial charge >= 0.3 is 0 Å². The van der Waals surface area contributed by atoms with Crippen LogP contribution in [-0.4, -0.2) is 55.1 Å². The number of aromatic nitrogens is 1. The molecule has 1 aliphatic rings. The summed E-state index contributed by atoms with van der Waals surface area (Å²) in [5.74, 6) is -0.296. The zero-order chi connectivity index (χ0) is 18.4. The van der Waals surface area contributed by atoms with Crippen LogP contribution >= 0.6 is 11.3 Å². The number of piperazine rings is 1. The first-order chi connectivity index (χ1) is 12.6. The summed E-state index contributed by atoms with van der Waals surface area (Å²) in [5, 5.41) is 7.22. The fraction of sp³-hybridized carbons (Fsp3) is 0.474. The number of nitrogens with one attached hydrogen (secondary N) is 2. The number of amides is 1. The maximum atomic E-state index is 13.0. The van der Waals surface area contributed by atoms with Crippen LogP contribution < -0.4 is 10.6 Å². The highest BCUT2D eigenvalue weighted by Gasteiger charge is 2.15. The Balaban J connectivity index is 1.48. The normalized spacial score (nSPS) is 15.2. The van der Waals surface area contributed by atoms with E-state index in [0.717, 1.165) is 55.4 Å². The molecule has 1 fully saturated rings. The van der Waals surface area contributed by atoms with Crippen LogP contribution in [0.1, 0.15) is 32.4 Å². The number of benzene rings is 1. The number of thiazole rings is 1. The Morgan fingerprint density at radius 1 is 1.31 bits per heavy atom. The largest absolute Gasteiger partial charge is 0.351 e. The van der Waals surface area contributed by atoms with Gasteiger partial charge in [0.05, 0.1) is 10.7 Å². The van der Waals surface area contributed by atoms with Crippen molar-refractivity contribution in [3.8, 4) is 0 Å². The van der Waals surface area contributed by atoms with Crippen molar-refractivity contribution in [2.24, 2.45) is 0 Å². The van der Waals surface area contributed by atoms with E-state index in [1.54, 1.807) is 12.1 Å². The predicted molar refractivity (Wildman–Crippen MR) is 102 cm³/mol. The third-order valence-electron chi connectivity index (χ3n) is 4.46. The second kappa shape index (κ2) is 9.21. The van der Waals surface area contributed by atoms with Crippen molar-refractivity contribution < 1.29 is 9.18 Å². The van der Waals surface area contributed by atoms with Crippen LogP contribution in [0.4, 0.5) is 4.39 Å². The molecule has 1 aromatic heterocycles. The van der Waals surface area contributed by atoms with Gasteiger partial charge in [-0.2, -0.15) is 0 Å². The monoisotopic (exact) mass is 376 g/mol. The van der Waals surface area contributed by atoms with Crippen molar-refractivity contribution in [2.45, 2.75) is 19.8 Å². The highest BCUT2D eigenvalue weighted by Crippen LogP contribution is 2.21. The molecule has 2 N–H and O–H groups in total. The summed E-state index contributed by atoms with van der Waals surface area (Å²) in [6.07, 6.45) is 1.56. The summed E-state index contributed by atoms with van der Waals surface area (Å²) in [5.41, 5.74) is 1.75. The number of rotatable bonds is 7. The van der Waals surface area contributed by atoms with E-state index in [9.17, 15) is 9.18 Å². The van der Waals surface area contributed by atoms with E-state index in [2.05, 4.69) is 20.5 Å². The summed E-state index contributed by atoms with van der Waals surface area (Å²) in [6, 6.07) is 6.40. The smallest absolute Gasteiger partial charge is 0.263 e. The lowest BCUT2D eigenvalue weighted by Gasteiger charge is -2.27. The highest BCUT2D eigenvalue weighted by atomic mass is 32.1. The number of nitrogens with zero attached hydrogens (tertiary/aromatic N) is 2. The van der Waals surface area contributed by atoms with Crippen LogP contribution in [0.15, 0.2) is 24.3 Å². The van der Waals surface area contributed by atoms with Crippen LogP contribution in [0.2, 0.25) is 0 Å². The third-order valence-corrected chi connectivity index (χ3v) is 5.62. The number of hydrogen-bond donors (Lipinski definition) is 2. The lowest BCUT2D eigenvalue weighted by molar-refractivity contribution is 0.0954. The number of aryl methyl sites for hydroxylation is 1. The van der Waals surface area contributed by atoms with Crippen molar-refractivity contribution >= 4 is 17.2 Å². The molecule has 2 aromatic rings. The van der Waals surface area contributed by atoms with Crippen LogP contribution in [0.25, 0.3) is 0 Å². The van der Waals surface area contributed by atoms with E-state index in [1.807, 2.05) is 6.92 Å².